The van der Waals surface area contributed by atoms with Crippen LogP contribution in [0.1, 0.15) is 5.56 Å². The first kappa shape index (κ1) is 13.6. The molecule has 1 aromatic carbocycles. The number of hydrogen-bond donors (Lipinski definition) is 2. The first-order chi connectivity index (χ1) is 9.02. The van der Waals surface area contributed by atoms with Gasteiger partial charge in [0.1, 0.15) is 11.9 Å². The SMILES string of the molecule is N#Cc1ccnc(Nc2c(Cl)cc(F)cc2Br)c1N. The molecule has 1 heterocycles. The van der Waals surface area contributed by atoms with Crippen LogP contribution < -0.4 is 11.1 Å². The van der Waals surface area contributed by atoms with Gasteiger partial charge in [-0.05, 0) is 34.1 Å². The van der Waals surface area contributed by atoms with Gasteiger partial charge in [0.25, 0.3) is 0 Å². The van der Waals surface area contributed by atoms with Gasteiger partial charge in [0.2, 0.25) is 0 Å². The highest BCUT2D eigenvalue weighted by atomic mass is 79.9. The summed E-state index contributed by atoms with van der Waals surface area (Å²) in [5.41, 5.74) is 6.72. The van der Waals surface area contributed by atoms with E-state index in [9.17, 15) is 4.39 Å². The summed E-state index contributed by atoms with van der Waals surface area (Å²) in [6, 6.07) is 5.88. The minimum absolute atomic E-state index is 0.176. The average molecular weight is 342 g/mol. The lowest BCUT2D eigenvalue weighted by molar-refractivity contribution is 0.627. The number of nitrogens with zero attached hydrogens (tertiary/aromatic N) is 2. The van der Waals surface area contributed by atoms with E-state index in [1.807, 2.05) is 6.07 Å². The van der Waals surface area contributed by atoms with Crippen molar-refractivity contribution in [2.45, 2.75) is 0 Å². The van der Waals surface area contributed by atoms with Crippen molar-refractivity contribution in [2.75, 3.05) is 11.1 Å². The Labute approximate surface area is 122 Å². The molecule has 3 N–H and O–H groups in total. The van der Waals surface area contributed by atoms with Crippen molar-refractivity contribution in [3.8, 4) is 6.07 Å². The van der Waals surface area contributed by atoms with Gasteiger partial charge < -0.3 is 11.1 Å². The van der Waals surface area contributed by atoms with Crippen LogP contribution in [0.25, 0.3) is 0 Å². The van der Waals surface area contributed by atoms with Crippen LogP contribution in [-0.2, 0) is 0 Å². The second-order valence-corrected chi connectivity index (χ2v) is 4.86. The van der Waals surface area contributed by atoms with Gasteiger partial charge in [-0.25, -0.2) is 9.37 Å². The fourth-order valence-electron chi connectivity index (χ4n) is 1.45. The van der Waals surface area contributed by atoms with Crippen LogP contribution >= 0.6 is 27.5 Å². The van der Waals surface area contributed by atoms with Gasteiger partial charge in [0.05, 0.1) is 22.0 Å². The molecule has 4 nitrogen and oxygen atoms in total. The van der Waals surface area contributed by atoms with Crippen LogP contribution in [0.4, 0.5) is 21.6 Å². The monoisotopic (exact) mass is 340 g/mol. The normalized spacial score (nSPS) is 10.0. The number of hydrogen-bond acceptors (Lipinski definition) is 4. The largest absolute Gasteiger partial charge is 0.395 e. The molecule has 0 saturated heterocycles. The summed E-state index contributed by atoms with van der Waals surface area (Å²) in [6.07, 6.45) is 1.45. The number of nitriles is 1. The lowest BCUT2D eigenvalue weighted by Gasteiger charge is -2.12. The third kappa shape index (κ3) is 2.78. The molecule has 0 saturated carbocycles. The molecule has 0 bridgehead atoms. The Bertz CT molecular complexity index is 661. The Morgan fingerprint density at radius 2 is 2.21 bits per heavy atom. The maximum absolute atomic E-state index is 13.1. The number of aromatic nitrogens is 1. The van der Waals surface area contributed by atoms with Crippen LogP contribution in [0.3, 0.4) is 0 Å². The van der Waals surface area contributed by atoms with E-state index < -0.39 is 5.82 Å². The van der Waals surface area contributed by atoms with Gasteiger partial charge in [-0.2, -0.15) is 5.26 Å². The van der Waals surface area contributed by atoms with Gasteiger partial charge in [-0.1, -0.05) is 11.6 Å². The molecule has 0 spiro atoms. The number of pyridine rings is 1. The van der Waals surface area contributed by atoms with Crippen LogP contribution in [0.5, 0.6) is 0 Å². The molecule has 0 aliphatic carbocycles. The highest BCUT2D eigenvalue weighted by molar-refractivity contribution is 9.10. The van der Waals surface area contributed by atoms with Crippen molar-refractivity contribution in [1.82, 2.24) is 4.98 Å². The summed E-state index contributed by atoms with van der Waals surface area (Å²) in [7, 11) is 0. The second-order valence-electron chi connectivity index (χ2n) is 3.60. The quantitative estimate of drug-likeness (QED) is 0.870. The molecule has 0 aliphatic rings. The molecule has 2 rings (SSSR count). The van der Waals surface area contributed by atoms with E-state index in [-0.39, 0.29) is 16.5 Å². The van der Waals surface area contributed by atoms with Crippen LogP contribution in [-0.4, -0.2) is 4.98 Å². The minimum atomic E-state index is -0.464. The minimum Gasteiger partial charge on any atom is -0.395 e. The number of benzene rings is 1. The van der Waals surface area contributed by atoms with Crippen LogP contribution in [0.2, 0.25) is 5.02 Å². The molecule has 0 amide bonds. The Balaban J connectivity index is 2.46. The molecule has 96 valence electrons. The molecular weight excluding hydrogens is 335 g/mol. The number of nitrogen functional groups attached to an aromatic ring is 1. The van der Waals surface area contributed by atoms with Gasteiger partial charge >= 0.3 is 0 Å². The fourth-order valence-corrected chi connectivity index (χ4v) is 2.35. The molecule has 7 heteroatoms. The van der Waals surface area contributed by atoms with Crippen molar-refractivity contribution in [3.63, 3.8) is 0 Å². The molecule has 0 fully saturated rings. The zero-order chi connectivity index (χ0) is 14.0. The van der Waals surface area contributed by atoms with Gasteiger partial charge in [-0.3, -0.25) is 0 Å². The summed E-state index contributed by atoms with van der Waals surface area (Å²) in [5, 5.41) is 11.9. The number of anilines is 3. The van der Waals surface area contributed by atoms with Crippen molar-refractivity contribution in [3.05, 3.63) is 45.3 Å². The zero-order valence-corrected chi connectivity index (χ0v) is 11.8. The first-order valence-electron chi connectivity index (χ1n) is 5.09. The summed E-state index contributed by atoms with van der Waals surface area (Å²) in [5.74, 6) is -0.178. The molecule has 1 aromatic heterocycles. The second kappa shape index (κ2) is 5.43. The summed E-state index contributed by atoms with van der Waals surface area (Å²) in [4.78, 5) is 4.03. The van der Waals surface area contributed by atoms with E-state index in [1.165, 1.54) is 24.4 Å². The summed E-state index contributed by atoms with van der Waals surface area (Å²) in [6.45, 7) is 0. The Morgan fingerprint density at radius 3 is 2.84 bits per heavy atom. The summed E-state index contributed by atoms with van der Waals surface area (Å²) >= 11 is 9.14. The van der Waals surface area contributed by atoms with Crippen molar-refractivity contribution >= 4 is 44.7 Å². The lowest BCUT2D eigenvalue weighted by atomic mass is 10.2. The first-order valence-corrected chi connectivity index (χ1v) is 6.26. The Morgan fingerprint density at radius 1 is 1.47 bits per heavy atom. The lowest BCUT2D eigenvalue weighted by Crippen LogP contribution is -2.02. The van der Waals surface area contributed by atoms with E-state index >= 15 is 0 Å². The smallest absolute Gasteiger partial charge is 0.155 e. The van der Waals surface area contributed by atoms with Crippen molar-refractivity contribution < 1.29 is 4.39 Å². The van der Waals surface area contributed by atoms with E-state index in [0.29, 0.717) is 15.7 Å². The summed E-state index contributed by atoms with van der Waals surface area (Å²) < 4.78 is 13.6. The van der Waals surface area contributed by atoms with E-state index in [4.69, 9.17) is 22.6 Å². The van der Waals surface area contributed by atoms with E-state index in [0.717, 1.165) is 0 Å². The molecule has 0 atom stereocenters. The maximum atomic E-state index is 13.1. The zero-order valence-electron chi connectivity index (χ0n) is 9.42. The predicted molar refractivity (Wildman–Crippen MR) is 75.8 cm³/mol. The molecule has 0 unspecified atom stereocenters. The number of halogens is 3. The number of nitrogens with one attached hydrogen (secondary N) is 1. The fraction of sp³-hybridized carbons (Fsp3) is 0. The van der Waals surface area contributed by atoms with E-state index in [2.05, 4.69) is 26.2 Å². The highest BCUT2D eigenvalue weighted by Gasteiger charge is 2.12. The maximum Gasteiger partial charge on any atom is 0.155 e. The standard InChI is InChI=1S/C12H7BrClFN4/c13-8-3-7(15)4-9(14)11(8)19-12-10(17)6(5-16)1-2-18-12/h1-4H,17H2,(H,18,19). The topological polar surface area (TPSA) is 74.7 Å². The molecule has 2 aromatic rings. The van der Waals surface area contributed by atoms with Crippen molar-refractivity contribution in [2.24, 2.45) is 0 Å². The third-order valence-electron chi connectivity index (χ3n) is 2.36. The van der Waals surface area contributed by atoms with Crippen LogP contribution in [0.15, 0.2) is 28.9 Å². The predicted octanol–water partition coefficient (Wildman–Crippen LogP) is 3.83. The molecule has 0 radical (unpaired) electrons. The Kier molecular flexibility index (Phi) is 3.88. The highest BCUT2D eigenvalue weighted by Crippen LogP contribution is 2.35. The number of nitrogens with two attached hydrogens (primary N) is 1. The van der Waals surface area contributed by atoms with Gasteiger partial charge in [-0.15, -0.1) is 0 Å². The number of rotatable bonds is 2. The van der Waals surface area contributed by atoms with E-state index in [1.54, 1.807) is 0 Å². The van der Waals surface area contributed by atoms with Gasteiger partial charge in [0.15, 0.2) is 5.82 Å². The average Bonchev–Trinajstić information content (AvgIpc) is 2.35. The molecule has 19 heavy (non-hydrogen) atoms. The molecule has 0 aliphatic heterocycles. The van der Waals surface area contributed by atoms with Crippen LogP contribution in [0, 0.1) is 17.1 Å². The third-order valence-corrected chi connectivity index (χ3v) is 3.28. The van der Waals surface area contributed by atoms with Crippen molar-refractivity contribution in [1.29, 1.82) is 5.26 Å². The Hall–Kier alpha value is -1.84. The molecular formula is C12H7BrClFN4. The van der Waals surface area contributed by atoms with Gasteiger partial charge in [0, 0.05) is 10.7 Å².